The minimum Gasteiger partial charge on any atom is -0.482 e. The Morgan fingerprint density at radius 3 is 2.41 bits per heavy atom. The minimum absolute atomic E-state index is 0.0167. The largest absolute Gasteiger partial charge is 0.482 e. The Morgan fingerprint density at radius 1 is 0.886 bits per heavy atom. The third-order valence-electron chi connectivity index (χ3n) is 6.97. The van der Waals surface area contributed by atoms with Crippen LogP contribution < -0.4 is 10.3 Å². The molecule has 0 N–H and O–H groups in total. The van der Waals surface area contributed by atoms with Gasteiger partial charge < -0.3 is 4.74 Å². The molecule has 5 aromatic carbocycles. The fraction of sp³-hybridized carbons (Fsp3) is 0.0606. The van der Waals surface area contributed by atoms with E-state index in [0.717, 1.165) is 33.1 Å². The fourth-order valence-corrected chi connectivity index (χ4v) is 4.83. The normalized spacial score (nSPS) is 11.8. The quantitative estimate of drug-likeness (QED) is 0.108. The molecule has 0 radical (unpaired) electrons. The molecule has 6 aromatic rings. The van der Waals surface area contributed by atoms with E-state index in [1.807, 2.05) is 42.5 Å². The van der Waals surface area contributed by atoms with Gasteiger partial charge in [-0.3, -0.25) is 14.9 Å². The molecule has 0 fully saturated rings. The third-order valence-corrected chi connectivity index (χ3v) is 6.97. The summed E-state index contributed by atoms with van der Waals surface area (Å²) in [5.74, 6) is -0.0881. The maximum atomic E-state index is 13.5. The van der Waals surface area contributed by atoms with E-state index in [1.165, 1.54) is 42.6 Å². The lowest BCUT2D eigenvalue weighted by Gasteiger charge is -2.12. The van der Waals surface area contributed by atoms with Crippen molar-refractivity contribution >= 4 is 33.6 Å². The third kappa shape index (κ3) is 5.62. The molecule has 44 heavy (non-hydrogen) atoms. The lowest BCUT2D eigenvalue weighted by atomic mass is 10.1. The van der Waals surface area contributed by atoms with Crippen LogP contribution in [0.2, 0.25) is 0 Å². The highest BCUT2D eigenvalue weighted by Crippen LogP contribution is 2.32. The van der Waals surface area contributed by atoms with Crippen molar-refractivity contribution in [2.24, 2.45) is 5.10 Å². The van der Waals surface area contributed by atoms with Crippen LogP contribution in [0.3, 0.4) is 0 Å². The van der Waals surface area contributed by atoms with Crippen molar-refractivity contribution in [3.63, 3.8) is 0 Å². The number of rotatable bonds is 7. The van der Waals surface area contributed by atoms with E-state index in [9.17, 15) is 28.1 Å². The van der Waals surface area contributed by atoms with Crippen molar-refractivity contribution in [2.45, 2.75) is 12.8 Å². The number of aromatic nitrogens is 2. The summed E-state index contributed by atoms with van der Waals surface area (Å²) in [6.07, 6.45) is -3.41. The molecular formula is C33H21F3N4O4. The van der Waals surface area contributed by atoms with E-state index in [2.05, 4.69) is 10.1 Å². The summed E-state index contributed by atoms with van der Waals surface area (Å²) in [6.45, 7) is 0.0914. The van der Waals surface area contributed by atoms with Gasteiger partial charge >= 0.3 is 11.9 Å². The van der Waals surface area contributed by atoms with E-state index >= 15 is 0 Å². The Morgan fingerprint density at radius 2 is 1.61 bits per heavy atom. The molecule has 0 aliphatic carbocycles. The second kappa shape index (κ2) is 11.4. The Hall–Kier alpha value is -5.84. The number of nitro benzene ring substituents is 1. The average Bonchev–Trinajstić information content (AvgIpc) is 3.03. The van der Waals surface area contributed by atoms with Gasteiger partial charge in [0.15, 0.2) is 11.6 Å². The molecule has 11 heteroatoms. The molecule has 0 bridgehead atoms. The van der Waals surface area contributed by atoms with Crippen LogP contribution in [0.1, 0.15) is 16.7 Å². The van der Waals surface area contributed by atoms with Crippen molar-refractivity contribution in [1.29, 1.82) is 0 Å². The van der Waals surface area contributed by atoms with Gasteiger partial charge in [0.2, 0.25) is 0 Å². The number of alkyl halides is 3. The number of halogens is 3. The highest BCUT2D eigenvalue weighted by atomic mass is 19.4. The molecule has 0 unspecified atom stereocenters. The summed E-state index contributed by atoms with van der Waals surface area (Å²) in [5.41, 5.74) is -0.456. The molecule has 0 saturated carbocycles. The maximum absolute atomic E-state index is 13.5. The maximum Gasteiger partial charge on any atom is 0.416 e. The number of nitro groups is 1. The SMILES string of the molecule is O=c1c2ccccc2nc(-c2cccc(C(F)(F)F)c2)n1N=Cc1ccc(OCc2cccc3ccccc23)c([N+](=O)[O-])c1. The van der Waals surface area contributed by atoms with Crippen LogP contribution >= 0.6 is 0 Å². The average molecular weight is 595 g/mol. The highest BCUT2D eigenvalue weighted by Gasteiger charge is 2.31. The molecule has 0 amide bonds. The number of hydrogen-bond donors (Lipinski definition) is 0. The van der Waals surface area contributed by atoms with E-state index in [4.69, 9.17) is 4.74 Å². The van der Waals surface area contributed by atoms with Crippen molar-refractivity contribution in [1.82, 2.24) is 9.66 Å². The van der Waals surface area contributed by atoms with Gasteiger partial charge in [0.25, 0.3) is 5.56 Å². The van der Waals surface area contributed by atoms with E-state index in [0.29, 0.717) is 0 Å². The summed E-state index contributed by atoms with van der Waals surface area (Å²) in [7, 11) is 0. The summed E-state index contributed by atoms with van der Waals surface area (Å²) in [4.78, 5) is 29.2. The smallest absolute Gasteiger partial charge is 0.416 e. The number of nitrogens with zero attached hydrogens (tertiary/aromatic N) is 4. The second-order valence-electron chi connectivity index (χ2n) is 9.80. The molecule has 8 nitrogen and oxygen atoms in total. The number of hydrogen-bond acceptors (Lipinski definition) is 6. The van der Waals surface area contributed by atoms with Gasteiger partial charge in [0.1, 0.15) is 6.61 Å². The van der Waals surface area contributed by atoms with Gasteiger partial charge in [-0.2, -0.15) is 22.9 Å². The summed E-state index contributed by atoms with van der Waals surface area (Å²) in [5, 5.41) is 18.3. The monoisotopic (exact) mass is 594 g/mol. The Bertz CT molecular complexity index is 2140. The topological polar surface area (TPSA) is 99.6 Å². The molecule has 0 spiro atoms. The van der Waals surface area contributed by atoms with Crippen LogP contribution in [-0.4, -0.2) is 20.8 Å². The number of fused-ring (bicyclic) bond motifs is 2. The number of ether oxygens (including phenoxy) is 1. The Balaban J connectivity index is 1.37. The Labute approximate surface area is 247 Å². The second-order valence-corrected chi connectivity index (χ2v) is 9.80. The molecule has 0 aliphatic rings. The Kier molecular flexibility index (Phi) is 7.36. The first-order valence-electron chi connectivity index (χ1n) is 13.3. The standard InChI is InChI=1S/C33H21F3N4O4/c34-33(35,36)25-11-6-9-23(18-25)31-38-28-14-4-3-13-27(28)32(41)39(31)37-19-21-15-16-30(29(17-21)40(42)43)44-20-24-10-5-8-22-7-1-2-12-26(22)24/h1-19H,20H2. The molecule has 0 saturated heterocycles. The predicted octanol–water partition coefficient (Wildman–Crippen LogP) is 7.60. The van der Waals surface area contributed by atoms with Crippen LogP contribution in [0.25, 0.3) is 33.1 Å². The molecular weight excluding hydrogens is 573 g/mol. The zero-order valence-corrected chi connectivity index (χ0v) is 22.7. The first kappa shape index (κ1) is 28.3. The van der Waals surface area contributed by atoms with Crippen molar-refractivity contribution in [3.8, 4) is 17.1 Å². The van der Waals surface area contributed by atoms with Crippen LogP contribution in [0, 0.1) is 10.1 Å². The zero-order valence-electron chi connectivity index (χ0n) is 22.7. The van der Waals surface area contributed by atoms with Crippen LogP contribution in [0.4, 0.5) is 18.9 Å². The summed E-state index contributed by atoms with van der Waals surface area (Å²) >= 11 is 0. The van der Waals surface area contributed by atoms with Crippen LogP contribution in [-0.2, 0) is 12.8 Å². The predicted molar refractivity (Wildman–Crippen MR) is 161 cm³/mol. The van der Waals surface area contributed by atoms with Gasteiger partial charge in [-0.1, -0.05) is 66.7 Å². The molecule has 1 aromatic heterocycles. The van der Waals surface area contributed by atoms with E-state index in [-0.39, 0.29) is 45.9 Å². The number of benzene rings is 5. The highest BCUT2D eigenvalue weighted by molar-refractivity contribution is 5.86. The molecule has 0 atom stereocenters. The fourth-order valence-electron chi connectivity index (χ4n) is 4.83. The van der Waals surface area contributed by atoms with Gasteiger partial charge in [-0.25, -0.2) is 4.98 Å². The molecule has 0 aliphatic heterocycles. The van der Waals surface area contributed by atoms with Crippen molar-refractivity contribution in [3.05, 3.63) is 146 Å². The zero-order chi connectivity index (χ0) is 30.8. The van der Waals surface area contributed by atoms with Gasteiger partial charge in [-0.15, -0.1) is 0 Å². The summed E-state index contributed by atoms with van der Waals surface area (Å²) < 4.78 is 47.1. The van der Waals surface area contributed by atoms with Crippen LogP contribution in [0.15, 0.2) is 119 Å². The van der Waals surface area contributed by atoms with Gasteiger partial charge in [0, 0.05) is 17.2 Å². The van der Waals surface area contributed by atoms with Gasteiger partial charge in [0.05, 0.1) is 27.6 Å². The summed E-state index contributed by atoms with van der Waals surface area (Å²) in [6, 6.07) is 28.4. The molecule has 218 valence electrons. The lowest BCUT2D eigenvalue weighted by molar-refractivity contribution is -0.385. The van der Waals surface area contributed by atoms with Gasteiger partial charge in [-0.05, 0) is 52.7 Å². The number of para-hydroxylation sites is 1. The van der Waals surface area contributed by atoms with E-state index < -0.39 is 22.2 Å². The van der Waals surface area contributed by atoms with E-state index in [1.54, 1.807) is 18.2 Å². The lowest BCUT2D eigenvalue weighted by Crippen LogP contribution is -2.20. The first-order chi connectivity index (χ1) is 21.2. The van der Waals surface area contributed by atoms with Crippen LogP contribution in [0.5, 0.6) is 5.75 Å². The van der Waals surface area contributed by atoms with Crippen molar-refractivity contribution < 1.29 is 22.8 Å². The molecule has 1 heterocycles. The molecule has 6 rings (SSSR count). The first-order valence-corrected chi connectivity index (χ1v) is 13.3. The minimum atomic E-state index is -4.61. The van der Waals surface area contributed by atoms with Crippen molar-refractivity contribution in [2.75, 3.05) is 0 Å².